The molecule has 0 amide bonds. The van der Waals surface area contributed by atoms with Crippen molar-refractivity contribution in [2.45, 2.75) is 6.04 Å². The predicted octanol–water partition coefficient (Wildman–Crippen LogP) is 0.828. The van der Waals surface area contributed by atoms with Gasteiger partial charge in [-0.25, -0.2) is 4.98 Å². The van der Waals surface area contributed by atoms with Crippen LogP contribution in [-0.2, 0) is 0 Å². The number of rotatable bonds is 3. The summed E-state index contributed by atoms with van der Waals surface area (Å²) in [5, 5.41) is 8.88. The molecule has 2 rings (SSSR count). The molecule has 1 heterocycles. The first-order valence-electron chi connectivity index (χ1n) is 4.56. The van der Waals surface area contributed by atoms with Gasteiger partial charge in [-0.2, -0.15) is 0 Å². The summed E-state index contributed by atoms with van der Waals surface area (Å²) in [5.74, 6) is 0.924. The highest BCUT2D eigenvalue weighted by atomic mass is 16.5. The maximum atomic E-state index is 8.88. The number of aliphatic hydroxyl groups excluding tert-OH is 1. The van der Waals surface area contributed by atoms with Crippen LogP contribution in [0.2, 0.25) is 0 Å². The van der Waals surface area contributed by atoms with Gasteiger partial charge in [0.05, 0.1) is 13.7 Å². The molecule has 5 nitrogen and oxygen atoms in total. The molecule has 0 aliphatic rings. The second-order valence-corrected chi connectivity index (χ2v) is 3.15. The van der Waals surface area contributed by atoms with Gasteiger partial charge < -0.3 is 20.0 Å². The monoisotopic (exact) mass is 208 g/mol. The number of aromatic nitrogens is 1. The lowest BCUT2D eigenvalue weighted by atomic mass is 10.3. The first-order valence-corrected chi connectivity index (χ1v) is 4.56. The van der Waals surface area contributed by atoms with E-state index in [0.717, 1.165) is 0 Å². The molecule has 0 aliphatic heterocycles. The van der Waals surface area contributed by atoms with Gasteiger partial charge in [0, 0.05) is 0 Å². The first kappa shape index (κ1) is 9.95. The number of nitrogens with zero attached hydrogens (tertiary/aromatic N) is 1. The molecule has 1 atom stereocenters. The highest BCUT2D eigenvalue weighted by Crippen LogP contribution is 2.27. The molecule has 0 fully saturated rings. The van der Waals surface area contributed by atoms with E-state index in [-0.39, 0.29) is 6.61 Å². The van der Waals surface area contributed by atoms with E-state index in [1.807, 2.05) is 6.07 Å². The SMILES string of the molecule is COc1cccc2nc(C(N)CO)oc12. The van der Waals surface area contributed by atoms with Gasteiger partial charge >= 0.3 is 0 Å². The molecule has 0 aliphatic carbocycles. The van der Waals surface area contributed by atoms with E-state index in [1.54, 1.807) is 19.2 Å². The minimum atomic E-state index is -0.595. The molecule has 5 heteroatoms. The zero-order valence-corrected chi connectivity index (χ0v) is 8.30. The average molecular weight is 208 g/mol. The van der Waals surface area contributed by atoms with Crippen LogP contribution in [0.5, 0.6) is 5.75 Å². The Balaban J connectivity index is 2.55. The molecule has 0 radical (unpaired) electrons. The van der Waals surface area contributed by atoms with E-state index >= 15 is 0 Å². The van der Waals surface area contributed by atoms with Crippen LogP contribution in [0, 0.1) is 0 Å². The van der Waals surface area contributed by atoms with Crippen molar-refractivity contribution in [3.8, 4) is 5.75 Å². The Labute approximate surface area is 86.5 Å². The molecular weight excluding hydrogens is 196 g/mol. The highest BCUT2D eigenvalue weighted by molar-refractivity contribution is 5.79. The van der Waals surface area contributed by atoms with Crippen molar-refractivity contribution >= 4 is 11.1 Å². The number of methoxy groups -OCH3 is 1. The summed E-state index contributed by atoms with van der Waals surface area (Å²) >= 11 is 0. The van der Waals surface area contributed by atoms with Crippen LogP contribution in [0.3, 0.4) is 0 Å². The minimum Gasteiger partial charge on any atom is -0.493 e. The quantitative estimate of drug-likeness (QED) is 0.780. The van der Waals surface area contributed by atoms with E-state index < -0.39 is 6.04 Å². The normalized spacial score (nSPS) is 13.0. The zero-order chi connectivity index (χ0) is 10.8. The molecule has 0 bridgehead atoms. The van der Waals surface area contributed by atoms with Crippen molar-refractivity contribution in [2.75, 3.05) is 13.7 Å². The van der Waals surface area contributed by atoms with Crippen molar-refractivity contribution < 1.29 is 14.3 Å². The minimum absolute atomic E-state index is 0.199. The standard InChI is InChI=1S/C10H12N2O3/c1-14-8-4-2-3-7-9(8)15-10(12-7)6(11)5-13/h2-4,6,13H,5,11H2,1H3. The lowest BCUT2D eigenvalue weighted by Gasteiger charge is -2.00. The maximum absolute atomic E-state index is 8.88. The largest absolute Gasteiger partial charge is 0.493 e. The van der Waals surface area contributed by atoms with E-state index in [2.05, 4.69) is 4.98 Å². The molecule has 0 saturated heterocycles. The molecule has 2 aromatic rings. The Bertz CT molecular complexity index is 467. The Kier molecular flexibility index (Phi) is 2.57. The summed E-state index contributed by atoms with van der Waals surface area (Å²) in [4.78, 5) is 4.16. The molecular formula is C10H12N2O3. The number of nitrogens with two attached hydrogens (primary N) is 1. The molecule has 1 aromatic carbocycles. The van der Waals surface area contributed by atoms with E-state index in [0.29, 0.717) is 22.7 Å². The van der Waals surface area contributed by atoms with Crippen molar-refractivity contribution in [1.29, 1.82) is 0 Å². The summed E-state index contributed by atoms with van der Waals surface area (Å²) in [7, 11) is 1.56. The second-order valence-electron chi connectivity index (χ2n) is 3.15. The van der Waals surface area contributed by atoms with Gasteiger partial charge in [-0.1, -0.05) is 6.07 Å². The van der Waals surface area contributed by atoms with Gasteiger partial charge in [0.2, 0.25) is 5.89 Å². The van der Waals surface area contributed by atoms with Gasteiger partial charge in [0.25, 0.3) is 0 Å². The van der Waals surface area contributed by atoms with Gasteiger partial charge in [0.1, 0.15) is 11.6 Å². The summed E-state index contributed by atoms with van der Waals surface area (Å²) in [6.07, 6.45) is 0. The van der Waals surface area contributed by atoms with E-state index in [9.17, 15) is 0 Å². The van der Waals surface area contributed by atoms with Crippen LogP contribution >= 0.6 is 0 Å². The van der Waals surface area contributed by atoms with Crippen LogP contribution in [0.1, 0.15) is 11.9 Å². The summed E-state index contributed by atoms with van der Waals surface area (Å²) < 4.78 is 10.5. The number of oxazole rings is 1. The number of para-hydroxylation sites is 1. The lowest BCUT2D eigenvalue weighted by molar-refractivity contribution is 0.249. The molecule has 0 spiro atoms. The number of ether oxygens (including phenoxy) is 1. The number of benzene rings is 1. The third kappa shape index (κ3) is 1.67. The molecule has 0 saturated carbocycles. The van der Waals surface area contributed by atoms with Gasteiger partial charge in [0.15, 0.2) is 11.3 Å². The Morgan fingerprint density at radius 1 is 1.60 bits per heavy atom. The fourth-order valence-corrected chi connectivity index (χ4v) is 1.34. The molecule has 80 valence electrons. The first-order chi connectivity index (χ1) is 7.26. The fourth-order valence-electron chi connectivity index (χ4n) is 1.34. The number of fused-ring (bicyclic) bond motifs is 1. The average Bonchev–Trinajstić information content (AvgIpc) is 2.71. The second kappa shape index (κ2) is 3.88. The number of aliphatic hydroxyl groups is 1. The third-order valence-electron chi connectivity index (χ3n) is 2.13. The van der Waals surface area contributed by atoms with Crippen molar-refractivity contribution in [3.05, 3.63) is 24.1 Å². The Morgan fingerprint density at radius 3 is 3.07 bits per heavy atom. The van der Waals surface area contributed by atoms with Crippen LogP contribution in [0.4, 0.5) is 0 Å². The van der Waals surface area contributed by atoms with E-state index in [4.69, 9.17) is 20.0 Å². The summed E-state index contributed by atoms with van der Waals surface area (Å²) in [6, 6.07) is 4.80. The smallest absolute Gasteiger partial charge is 0.215 e. The topological polar surface area (TPSA) is 81.5 Å². The Hall–Kier alpha value is -1.59. The van der Waals surface area contributed by atoms with Crippen LogP contribution < -0.4 is 10.5 Å². The predicted molar refractivity (Wildman–Crippen MR) is 54.6 cm³/mol. The van der Waals surface area contributed by atoms with Crippen LogP contribution in [0.25, 0.3) is 11.1 Å². The van der Waals surface area contributed by atoms with Crippen LogP contribution in [-0.4, -0.2) is 23.8 Å². The van der Waals surface area contributed by atoms with Gasteiger partial charge in [-0.3, -0.25) is 0 Å². The maximum Gasteiger partial charge on any atom is 0.215 e. The number of hydrogen-bond acceptors (Lipinski definition) is 5. The van der Waals surface area contributed by atoms with Gasteiger partial charge in [-0.05, 0) is 12.1 Å². The van der Waals surface area contributed by atoms with E-state index in [1.165, 1.54) is 0 Å². The lowest BCUT2D eigenvalue weighted by Crippen LogP contribution is -2.14. The molecule has 15 heavy (non-hydrogen) atoms. The molecule has 1 aromatic heterocycles. The Morgan fingerprint density at radius 2 is 2.40 bits per heavy atom. The molecule has 1 unspecified atom stereocenters. The van der Waals surface area contributed by atoms with Crippen molar-refractivity contribution in [2.24, 2.45) is 5.73 Å². The molecule has 3 N–H and O–H groups in total. The fraction of sp³-hybridized carbons (Fsp3) is 0.300. The van der Waals surface area contributed by atoms with Crippen molar-refractivity contribution in [1.82, 2.24) is 4.98 Å². The van der Waals surface area contributed by atoms with Gasteiger partial charge in [-0.15, -0.1) is 0 Å². The third-order valence-corrected chi connectivity index (χ3v) is 2.13. The van der Waals surface area contributed by atoms with Crippen LogP contribution in [0.15, 0.2) is 22.6 Å². The summed E-state index contributed by atoms with van der Waals surface area (Å²) in [6.45, 7) is -0.199. The zero-order valence-electron chi connectivity index (χ0n) is 8.30. The summed E-state index contributed by atoms with van der Waals surface area (Å²) in [5.41, 5.74) is 6.83. The number of hydrogen-bond donors (Lipinski definition) is 2. The highest BCUT2D eigenvalue weighted by Gasteiger charge is 2.15. The van der Waals surface area contributed by atoms with Crippen molar-refractivity contribution in [3.63, 3.8) is 0 Å².